The third-order valence-electron chi connectivity index (χ3n) is 5.11. The van der Waals surface area contributed by atoms with Gasteiger partial charge in [-0.15, -0.1) is 0 Å². The van der Waals surface area contributed by atoms with E-state index in [4.69, 9.17) is 4.74 Å². The summed E-state index contributed by atoms with van der Waals surface area (Å²) in [5.74, 6) is 0.980. The summed E-state index contributed by atoms with van der Waals surface area (Å²) < 4.78 is 5.69. The fourth-order valence-electron chi connectivity index (χ4n) is 3.54. The van der Waals surface area contributed by atoms with E-state index in [9.17, 15) is 0 Å². The van der Waals surface area contributed by atoms with Crippen LogP contribution in [0.4, 0.5) is 0 Å². The van der Waals surface area contributed by atoms with Crippen LogP contribution in [0.3, 0.4) is 0 Å². The van der Waals surface area contributed by atoms with Crippen molar-refractivity contribution >= 4 is 11.0 Å². The van der Waals surface area contributed by atoms with E-state index in [1.807, 2.05) is 6.07 Å². The van der Waals surface area contributed by atoms with E-state index in [1.54, 1.807) is 19.5 Å². The molecule has 4 rings (SSSR count). The molecule has 0 saturated carbocycles. The van der Waals surface area contributed by atoms with Crippen molar-refractivity contribution in [3.63, 3.8) is 0 Å². The van der Waals surface area contributed by atoms with E-state index in [2.05, 4.69) is 55.8 Å². The first kappa shape index (κ1) is 17.6. The Morgan fingerprint density at radius 2 is 1.89 bits per heavy atom. The number of hydrogen-bond donors (Lipinski definition) is 2. The number of piperazine rings is 1. The van der Waals surface area contributed by atoms with Gasteiger partial charge in [0.1, 0.15) is 11.5 Å². The van der Waals surface area contributed by atoms with Crippen molar-refractivity contribution < 1.29 is 4.74 Å². The lowest BCUT2D eigenvalue weighted by Gasteiger charge is -2.38. The molecule has 2 N–H and O–H groups in total. The van der Waals surface area contributed by atoms with Crippen molar-refractivity contribution in [3.8, 4) is 0 Å². The van der Waals surface area contributed by atoms with Gasteiger partial charge in [-0.05, 0) is 24.7 Å². The summed E-state index contributed by atoms with van der Waals surface area (Å²) in [6, 6.07) is 6.20. The van der Waals surface area contributed by atoms with Gasteiger partial charge in [-0.3, -0.25) is 9.97 Å². The van der Waals surface area contributed by atoms with Gasteiger partial charge < -0.3 is 25.2 Å². The lowest BCUT2D eigenvalue weighted by atomic mass is 10.1. The van der Waals surface area contributed by atoms with Crippen molar-refractivity contribution in [1.82, 2.24) is 30.4 Å². The Morgan fingerprint density at radius 1 is 1.11 bits per heavy atom. The Morgan fingerprint density at radius 3 is 2.67 bits per heavy atom. The largest absolute Gasteiger partial charge is 0.497 e. The van der Waals surface area contributed by atoms with Gasteiger partial charge in [0.15, 0.2) is 0 Å². The fraction of sp³-hybridized carbons (Fsp3) is 0.400. The van der Waals surface area contributed by atoms with Crippen LogP contribution in [0.1, 0.15) is 5.56 Å². The maximum atomic E-state index is 5.69. The fourth-order valence-corrected chi connectivity index (χ4v) is 3.54. The number of nitrogens with zero attached hydrogens (tertiary/aromatic N) is 4. The molecular weight excluding hydrogens is 340 g/mol. The van der Waals surface area contributed by atoms with Crippen LogP contribution in [0.5, 0.6) is 0 Å². The quantitative estimate of drug-likeness (QED) is 0.826. The molecule has 1 aromatic heterocycles. The van der Waals surface area contributed by atoms with Crippen molar-refractivity contribution in [2.75, 3.05) is 46.9 Å². The number of fused-ring (bicyclic) bond motifs is 1. The first-order valence-corrected chi connectivity index (χ1v) is 9.32. The van der Waals surface area contributed by atoms with Crippen LogP contribution in [0.15, 0.2) is 53.9 Å². The minimum atomic E-state index is 0.717. The van der Waals surface area contributed by atoms with E-state index >= 15 is 0 Å². The average molecular weight is 366 g/mol. The zero-order valence-electron chi connectivity index (χ0n) is 15.9. The Balaban J connectivity index is 1.52. The second-order valence-electron chi connectivity index (χ2n) is 6.94. The van der Waals surface area contributed by atoms with Gasteiger partial charge in [0.25, 0.3) is 0 Å². The van der Waals surface area contributed by atoms with Crippen molar-refractivity contribution in [2.24, 2.45) is 0 Å². The number of methoxy groups -OCH3 is 1. The van der Waals surface area contributed by atoms with Gasteiger partial charge in [-0.25, -0.2) is 0 Å². The maximum absolute atomic E-state index is 5.69. The molecule has 142 valence electrons. The molecule has 2 aliphatic rings. The number of aromatic nitrogens is 2. The third-order valence-corrected chi connectivity index (χ3v) is 5.11. The second-order valence-corrected chi connectivity index (χ2v) is 6.94. The van der Waals surface area contributed by atoms with E-state index in [1.165, 1.54) is 11.3 Å². The first-order valence-electron chi connectivity index (χ1n) is 9.32. The molecule has 27 heavy (non-hydrogen) atoms. The molecule has 1 aromatic carbocycles. The molecule has 1 fully saturated rings. The average Bonchev–Trinajstić information content (AvgIpc) is 2.72. The zero-order chi connectivity index (χ0) is 18.6. The molecule has 2 aliphatic heterocycles. The molecule has 0 radical (unpaired) electrons. The highest BCUT2D eigenvalue weighted by Crippen LogP contribution is 2.23. The Kier molecular flexibility index (Phi) is 5.11. The molecule has 0 amide bonds. The van der Waals surface area contributed by atoms with Crippen molar-refractivity contribution in [3.05, 3.63) is 59.5 Å². The summed E-state index contributed by atoms with van der Waals surface area (Å²) in [6.07, 6.45) is 5.50. The van der Waals surface area contributed by atoms with Gasteiger partial charge in [0.2, 0.25) is 0 Å². The number of hydrogen-bond acceptors (Lipinski definition) is 7. The molecule has 0 spiro atoms. The number of rotatable bonds is 5. The molecule has 0 bridgehead atoms. The summed E-state index contributed by atoms with van der Waals surface area (Å²) in [5, 5.41) is 6.90. The second kappa shape index (κ2) is 7.84. The van der Waals surface area contributed by atoms with Crippen molar-refractivity contribution in [1.29, 1.82) is 0 Å². The molecule has 0 aliphatic carbocycles. The van der Waals surface area contributed by atoms with Crippen LogP contribution in [-0.2, 0) is 11.3 Å². The molecule has 0 unspecified atom stereocenters. The number of likely N-dealkylation sites (N-methyl/N-ethyl adjacent to an activating group) is 1. The van der Waals surface area contributed by atoms with E-state index in [-0.39, 0.29) is 0 Å². The van der Waals surface area contributed by atoms with Gasteiger partial charge >= 0.3 is 0 Å². The lowest BCUT2D eigenvalue weighted by Crippen LogP contribution is -2.46. The highest BCUT2D eigenvalue weighted by atomic mass is 16.5. The summed E-state index contributed by atoms with van der Waals surface area (Å²) in [4.78, 5) is 13.5. The van der Waals surface area contributed by atoms with Crippen LogP contribution in [0, 0.1) is 0 Å². The lowest BCUT2D eigenvalue weighted by molar-refractivity contribution is 0.172. The van der Waals surface area contributed by atoms with Gasteiger partial charge in [-0.2, -0.15) is 0 Å². The molecule has 7 nitrogen and oxygen atoms in total. The number of dihydropyridines is 1. The highest BCUT2D eigenvalue weighted by molar-refractivity contribution is 5.74. The molecule has 2 aromatic rings. The zero-order valence-corrected chi connectivity index (χ0v) is 15.9. The molecule has 3 heterocycles. The number of nitrogens with one attached hydrogen (secondary N) is 2. The molecule has 7 heteroatoms. The SMILES string of the molecule is COC1=C(N2CCN(C)CC2)C(NCc2ccc3nccnc3c2)=CNC1. The molecular formula is C20H26N6O. The Labute approximate surface area is 159 Å². The van der Waals surface area contributed by atoms with Crippen LogP contribution < -0.4 is 10.6 Å². The third kappa shape index (κ3) is 3.83. The highest BCUT2D eigenvalue weighted by Gasteiger charge is 2.25. The molecule has 1 saturated heterocycles. The van der Waals surface area contributed by atoms with E-state index in [0.717, 1.165) is 55.2 Å². The summed E-state index contributed by atoms with van der Waals surface area (Å²) in [5.41, 5.74) is 5.25. The summed E-state index contributed by atoms with van der Waals surface area (Å²) in [6.45, 7) is 5.56. The summed E-state index contributed by atoms with van der Waals surface area (Å²) in [7, 11) is 3.92. The minimum Gasteiger partial charge on any atom is -0.497 e. The minimum absolute atomic E-state index is 0.717. The summed E-state index contributed by atoms with van der Waals surface area (Å²) >= 11 is 0. The number of benzene rings is 1. The van der Waals surface area contributed by atoms with E-state index < -0.39 is 0 Å². The van der Waals surface area contributed by atoms with Gasteiger partial charge in [0.05, 0.1) is 30.4 Å². The normalized spacial score (nSPS) is 18.3. The van der Waals surface area contributed by atoms with Gasteiger partial charge in [-0.1, -0.05) is 6.07 Å². The van der Waals surface area contributed by atoms with Crippen molar-refractivity contribution in [2.45, 2.75) is 6.54 Å². The van der Waals surface area contributed by atoms with Crippen LogP contribution in [0.25, 0.3) is 11.0 Å². The number of ether oxygens (including phenoxy) is 1. The van der Waals surface area contributed by atoms with Gasteiger partial charge in [0, 0.05) is 51.3 Å². The predicted molar refractivity (Wildman–Crippen MR) is 106 cm³/mol. The van der Waals surface area contributed by atoms with Crippen LogP contribution >= 0.6 is 0 Å². The van der Waals surface area contributed by atoms with Crippen LogP contribution in [-0.4, -0.2) is 66.6 Å². The predicted octanol–water partition coefficient (Wildman–Crippen LogP) is 1.27. The van der Waals surface area contributed by atoms with E-state index in [0.29, 0.717) is 6.54 Å². The Bertz CT molecular complexity index is 870. The smallest absolute Gasteiger partial charge is 0.140 e. The standard InChI is InChI=1S/C20H26N6O/c1-25-7-9-26(10-8-25)20-18(13-21-14-19(20)27-2)24-12-15-3-4-16-17(11-15)23-6-5-22-16/h3-6,11,13,21,24H,7-10,12,14H2,1-2H3. The first-order chi connectivity index (χ1) is 13.2. The maximum Gasteiger partial charge on any atom is 0.140 e. The van der Waals surface area contributed by atoms with Crippen LogP contribution in [0.2, 0.25) is 0 Å². The monoisotopic (exact) mass is 366 g/mol. The topological polar surface area (TPSA) is 65.5 Å². The molecule has 0 atom stereocenters. The Hall–Kier alpha value is -2.80.